The van der Waals surface area contributed by atoms with Crippen molar-refractivity contribution in [2.75, 3.05) is 13.1 Å². The molecule has 2 aromatic rings. The molecule has 0 spiro atoms. The maximum absolute atomic E-state index is 12.7. The topological polar surface area (TPSA) is 38.8 Å². The van der Waals surface area contributed by atoms with Crippen molar-refractivity contribution in [3.63, 3.8) is 0 Å². The monoisotopic (exact) mass is 415 g/mol. The van der Waals surface area contributed by atoms with Crippen molar-refractivity contribution in [1.82, 2.24) is 4.90 Å². The van der Waals surface area contributed by atoms with Crippen LogP contribution in [0.5, 0.6) is 17.2 Å². The van der Waals surface area contributed by atoms with Crippen LogP contribution in [0.4, 0.5) is 13.2 Å². The highest BCUT2D eigenvalue weighted by atomic mass is 35.5. The molecule has 0 N–H and O–H groups in total. The second-order valence-corrected chi connectivity index (χ2v) is 6.39. The second kappa shape index (κ2) is 9.19. The van der Waals surface area contributed by atoms with Gasteiger partial charge in [-0.15, -0.1) is 0 Å². The maximum atomic E-state index is 12.7. The van der Waals surface area contributed by atoms with Gasteiger partial charge in [-0.2, -0.15) is 13.2 Å². The maximum Gasteiger partial charge on any atom is 0.416 e. The van der Waals surface area contributed by atoms with Crippen LogP contribution in [0.3, 0.4) is 0 Å². The van der Waals surface area contributed by atoms with Crippen LogP contribution in [0.15, 0.2) is 42.5 Å². The van der Waals surface area contributed by atoms with Gasteiger partial charge in [-0.3, -0.25) is 4.79 Å². The average molecular weight is 416 g/mol. The Morgan fingerprint density at radius 2 is 1.64 bits per heavy atom. The Hall–Kier alpha value is -2.41. The molecular weight excluding hydrogens is 395 g/mol. The number of rotatable bonds is 7. The number of nitrogens with zero attached hydrogens (tertiary/aromatic N) is 1. The van der Waals surface area contributed by atoms with Crippen LogP contribution >= 0.6 is 11.6 Å². The van der Waals surface area contributed by atoms with Gasteiger partial charge in [0.05, 0.1) is 10.6 Å². The number of halogens is 4. The number of hydrogen-bond donors (Lipinski definition) is 0. The van der Waals surface area contributed by atoms with E-state index in [4.69, 9.17) is 21.1 Å². The minimum Gasteiger partial charge on any atom is -0.481 e. The Balaban J connectivity index is 2.04. The summed E-state index contributed by atoms with van der Waals surface area (Å²) in [5.74, 6) is 0.839. The number of likely N-dealkylation sites (N-methyl/N-ethyl adjacent to an activating group) is 1. The zero-order valence-corrected chi connectivity index (χ0v) is 16.5. The summed E-state index contributed by atoms with van der Waals surface area (Å²) in [7, 11) is 0. The lowest BCUT2D eigenvalue weighted by molar-refractivity contribution is -0.138. The SMILES string of the molecule is CCN(CC)C(=O)C(C)Oc1ccc(Oc2ccc(C(F)(F)F)cc2Cl)cc1. The first-order valence-electron chi connectivity index (χ1n) is 8.75. The molecule has 0 saturated heterocycles. The molecule has 2 rings (SSSR count). The molecule has 2 aromatic carbocycles. The van der Waals surface area contributed by atoms with Gasteiger partial charge in [0.15, 0.2) is 6.10 Å². The molecule has 0 aliphatic carbocycles. The molecule has 1 unspecified atom stereocenters. The molecule has 28 heavy (non-hydrogen) atoms. The highest BCUT2D eigenvalue weighted by Crippen LogP contribution is 2.36. The average Bonchev–Trinajstić information content (AvgIpc) is 2.65. The first-order chi connectivity index (χ1) is 13.2. The van der Waals surface area contributed by atoms with E-state index in [0.717, 1.165) is 12.1 Å². The second-order valence-electron chi connectivity index (χ2n) is 5.99. The Bertz CT molecular complexity index is 805. The molecule has 0 aliphatic heterocycles. The van der Waals surface area contributed by atoms with E-state index >= 15 is 0 Å². The van der Waals surface area contributed by atoms with Gasteiger partial charge < -0.3 is 14.4 Å². The van der Waals surface area contributed by atoms with Crippen LogP contribution in [-0.4, -0.2) is 30.0 Å². The van der Waals surface area contributed by atoms with Crippen molar-refractivity contribution in [2.24, 2.45) is 0 Å². The Kier molecular flexibility index (Phi) is 7.18. The molecule has 0 fully saturated rings. The summed E-state index contributed by atoms with van der Waals surface area (Å²) in [5.41, 5.74) is -0.847. The number of hydrogen-bond acceptors (Lipinski definition) is 3. The normalized spacial score (nSPS) is 12.4. The predicted molar refractivity (Wildman–Crippen MR) is 101 cm³/mol. The van der Waals surface area contributed by atoms with Crippen LogP contribution in [0.1, 0.15) is 26.3 Å². The highest BCUT2D eigenvalue weighted by molar-refractivity contribution is 6.32. The summed E-state index contributed by atoms with van der Waals surface area (Å²) in [6.07, 6.45) is -5.11. The zero-order valence-electron chi connectivity index (χ0n) is 15.7. The predicted octanol–water partition coefficient (Wildman–Crippen LogP) is 5.79. The molecule has 8 heteroatoms. The number of carbonyl (C=O) groups is 1. The first-order valence-corrected chi connectivity index (χ1v) is 9.13. The minimum atomic E-state index is -4.47. The van der Waals surface area contributed by atoms with Gasteiger partial charge in [0, 0.05) is 13.1 Å². The summed E-state index contributed by atoms with van der Waals surface area (Å²) >= 11 is 5.89. The summed E-state index contributed by atoms with van der Waals surface area (Å²) in [6, 6.07) is 9.27. The van der Waals surface area contributed by atoms with Crippen molar-refractivity contribution in [1.29, 1.82) is 0 Å². The number of ether oxygens (including phenoxy) is 2. The van der Waals surface area contributed by atoms with E-state index in [9.17, 15) is 18.0 Å². The van der Waals surface area contributed by atoms with Gasteiger partial charge in [-0.05, 0) is 63.2 Å². The molecule has 0 radical (unpaired) electrons. The fourth-order valence-electron chi connectivity index (χ4n) is 2.52. The van der Waals surface area contributed by atoms with Crippen LogP contribution in [0, 0.1) is 0 Å². The third-order valence-electron chi connectivity index (χ3n) is 4.05. The molecule has 1 atom stereocenters. The molecule has 152 valence electrons. The van der Waals surface area contributed by atoms with E-state index in [2.05, 4.69) is 0 Å². The van der Waals surface area contributed by atoms with Gasteiger partial charge in [0.1, 0.15) is 17.2 Å². The van der Waals surface area contributed by atoms with Crippen molar-refractivity contribution in [3.8, 4) is 17.2 Å². The van der Waals surface area contributed by atoms with E-state index in [1.807, 2.05) is 13.8 Å². The van der Waals surface area contributed by atoms with Crippen LogP contribution in [0.25, 0.3) is 0 Å². The van der Waals surface area contributed by atoms with E-state index in [0.29, 0.717) is 24.6 Å². The van der Waals surface area contributed by atoms with Gasteiger partial charge in [-0.25, -0.2) is 0 Å². The van der Waals surface area contributed by atoms with Gasteiger partial charge >= 0.3 is 6.18 Å². The van der Waals surface area contributed by atoms with E-state index in [1.165, 1.54) is 6.07 Å². The molecular formula is C20H21ClF3NO3. The molecule has 0 bridgehead atoms. The third-order valence-corrected chi connectivity index (χ3v) is 4.34. The Morgan fingerprint density at radius 3 is 2.14 bits per heavy atom. The van der Waals surface area contributed by atoms with Gasteiger partial charge in [-0.1, -0.05) is 11.6 Å². The Morgan fingerprint density at radius 1 is 1.07 bits per heavy atom. The molecule has 0 heterocycles. The van der Waals surface area contributed by atoms with Crippen molar-refractivity contribution in [2.45, 2.75) is 33.1 Å². The molecule has 0 aromatic heterocycles. The Labute approximate surface area is 166 Å². The van der Waals surface area contributed by atoms with Crippen molar-refractivity contribution >= 4 is 17.5 Å². The van der Waals surface area contributed by atoms with Crippen molar-refractivity contribution in [3.05, 3.63) is 53.1 Å². The molecule has 0 saturated carbocycles. The van der Waals surface area contributed by atoms with Gasteiger partial charge in [0.2, 0.25) is 0 Å². The van der Waals surface area contributed by atoms with E-state index < -0.39 is 17.8 Å². The van der Waals surface area contributed by atoms with E-state index in [-0.39, 0.29) is 16.7 Å². The lowest BCUT2D eigenvalue weighted by Crippen LogP contribution is -2.40. The number of alkyl halides is 3. The zero-order chi connectivity index (χ0) is 20.9. The fourth-order valence-corrected chi connectivity index (χ4v) is 2.74. The number of amides is 1. The molecule has 0 aliphatic rings. The van der Waals surface area contributed by atoms with E-state index in [1.54, 1.807) is 36.1 Å². The third kappa shape index (κ3) is 5.55. The summed E-state index contributed by atoms with van der Waals surface area (Å²) in [5, 5.41) is -0.145. The lowest BCUT2D eigenvalue weighted by atomic mass is 10.2. The molecule has 4 nitrogen and oxygen atoms in total. The number of benzene rings is 2. The summed E-state index contributed by atoms with van der Waals surface area (Å²) < 4.78 is 49.2. The minimum absolute atomic E-state index is 0.105. The standard InChI is InChI=1S/C20H21ClF3NO3/c1-4-25(5-2)19(26)13(3)27-15-7-9-16(10-8-15)28-18-11-6-14(12-17(18)21)20(22,23)24/h6-13H,4-5H2,1-3H3. The van der Waals surface area contributed by atoms with Gasteiger partial charge in [0.25, 0.3) is 5.91 Å². The van der Waals surface area contributed by atoms with Crippen LogP contribution in [0.2, 0.25) is 5.02 Å². The van der Waals surface area contributed by atoms with Crippen LogP contribution < -0.4 is 9.47 Å². The first kappa shape index (κ1) is 21.9. The number of carbonyl (C=O) groups excluding carboxylic acids is 1. The summed E-state index contributed by atoms with van der Waals surface area (Å²) in [4.78, 5) is 13.9. The quantitative estimate of drug-likeness (QED) is 0.574. The highest BCUT2D eigenvalue weighted by Gasteiger charge is 2.31. The lowest BCUT2D eigenvalue weighted by Gasteiger charge is -2.23. The smallest absolute Gasteiger partial charge is 0.416 e. The van der Waals surface area contributed by atoms with Crippen LogP contribution in [-0.2, 0) is 11.0 Å². The summed E-state index contributed by atoms with van der Waals surface area (Å²) in [6.45, 7) is 6.67. The largest absolute Gasteiger partial charge is 0.481 e. The fraction of sp³-hybridized carbons (Fsp3) is 0.350. The van der Waals surface area contributed by atoms with Crippen molar-refractivity contribution < 1.29 is 27.4 Å². The molecule has 1 amide bonds.